The first-order chi connectivity index (χ1) is 26.8. The second-order valence-electron chi connectivity index (χ2n) is 14.3. The van der Waals surface area contributed by atoms with E-state index < -0.39 is 18.0 Å². The number of rotatable bonds is 26. The maximum absolute atomic E-state index is 13.6. The molecule has 0 saturated carbocycles. The molecule has 2 atom stereocenters. The minimum Gasteiger partial charge on any atom is -0.507 e. The predicted molar refractivity (Wildman–Crippen MR) is 216 cm³/mol. The highest BCUT2D eigenvalue weighted by atomic mass is 17.2. The maximum atomic E-state index is 13.6. The molecule has 0 spiro atoms. The fraction of sp³-hybridized carbons (Fsp3) is 0.426. The lowest BCUT2D eigenvalue weighted by Gasteiger charge is -2.26. The van der Waals surface area contributed by atoms with Crippen LogP contribution in [-0.2, 0) is 9.68 Å². The third-order valence-corrected chi connectivity index (χ3v) is 9.95. The number of hydrogen-bond donors (Lipinski definition) is 2. The Kier molecular flexibility index (Phi) is 18.3. The Hall–Kier alpha value is -5.11. The van der Waals surface area contributed by atoms with E-state index in [-0.39, 0.29) is 39.9 Å². The highest BCUT2D eigenvalue weighted by Crippen LogP contribution is 2.31. The Morgan fingerprint density at radius 2 is 0.982 bits per heavy atom. The summed E-state index contributed by atoms with van der Waals surface area (Å²) in [6.07, 6.45) is 16.9. The number of hydrogen-bond acceptors (Lipinski definition) is 8. The van der Waals surface area contributed by atoms with Crippen LogP contribution >= 0.6 is 0 Å². The molecule has 2 N–H and O–H groups in total. The molecule has 8 nitrogen and oxygen atoms in total. The van der Waals surface area contributed by atoms with Crippen molar-refractivity contribution in [3.8, 4) is 23.0 Å². The second-order valence-corrected chi connectivity index (χ2v) is 14.3. The molecule has 0 fully saturated rings. The summed E-state index contributed by atoms with van der Waals surface area (Å²) in [6.45, 7) is 4.22. The van der Waals surface area contributed by atoms with Crippen LogP contribution in [0.2, 0.25) is 0 Å². The molecular formula is C47H58O8. The zero-order valence-electron chi connectivity index (χ0n) is 32.5. The Morgan fingerprint density at radius 3 is 1.45 bits per heavy atom. The van der Waals surface area contributed by atoms with E-state index in [4.69, 9.17) is 14.5 Å². The van der Waals surface area contributed by atoms with Gasteiger partial charge in [0.1, 0.15) is 23.4 Å². The van der Waals surface area contributed by atoms with Crippen LogP contribution in [0.15, 0.2) is 97.1 Å². The van der Waals surface area contributed by atoms with Crippen LogP contribution in [0.25, 0.3) is 0 Å². The number of benzene rings is 4. The smallest absolute Gasteiger partial charge is 0.362 e. The van der Waals surface area contributed by atoms with Crippen LogP contribution < -0.4 is 9.62 Å². The number of carbonyl (C=O) groups excluding carboxylic acids is 3. The second kappa shape index (κ2) is 23.6. The van der Waals surface area contributed by atoms with Crippen LogP contribution in [0, 0.1) is 5.92 Å². The van der Waals surface area contributed by atoms with Gasteiger partial charge in [0.2, 0.25) is 0 Å². The minimum absolute atomic E-state index is 0.0586. The molecule has 4 rings (SSSR count). The van der Waals surface area contributed by atoms with Crippen LogP contribution in [0.3, 0.4) is 0 Å². The number of ether oxygens (including phenoxy) is 1. The SMILES string of the molecule is CCCCCCCCCCCCCCCC(Oc1ccc(C(=O)c2ccccc2)c(O)c1)C(CCC)C(=O)OOc1ccc(C(=O)c2ccccc2)c(O)c1. The first kappa shape index (κ1) is 42.6. The molecule has 0 saturated heterocycles. The molecule has 55 heavy (non-hydrogen) atoms. The third-order valence-electron chi connectivity index (χ3n) is 9.95. The van der Waals surface area contributed by atoms with E-state index in [9.17, 15) is 24.6 Å². The summed E-state index contributed by atoms with van der Waals surface area (Å²) in [7, 11) is 0. The first-order valence-electron chi connectivity index (χ1n) is 20.2. The molecule has 4 aromatic rings. The van der Waals surface area contributed by atoms with Crippen molar-refractivity contribution in [3.63, 3.8) is 0 Å². The van der Waals surface area contributed by atoms with Gasteiger partial charge in [-0.2, -0.15) is 0 Å². The number of ketones is 2. The lowest BCUT2D eigenvalue weighted by atomic mass is 9.92. The average Bonchev–Trinajstić information content (AvgIpc) is 3.20. The van der Waals surface area contributed by atoms with Crippen molar-refractivity contribution in [2.75, 3.05) is 0 Å². The summed E-state index contributed by atoms with van der Waals surface area (Å²) in [4.78, 5) is 50.3. The van der Waals surface area contributed by atoms with Crippen molar-refractivity contribution >= 4 is 17.5 Å². The summed E-state index contributed by atoms with van der Waals surface area (Å²) in [5.74, 6) is -2.11. The van der Waals surface area contributed by atoms with Gasteiger partial charge in [-0.25, -0.2) is 9.68 Å². The largest absolute Gasteiger partial charge is 0.507 e. The Labute approximate surface area is 326 Å². The van der Waals surface area contributed by atoms with E-state index in [1.165, 1.54) is 94.5 Å². The quantitative estimate of drug-likeness (QED) is 0.0282. The zero-order valence-corrected chi connectivity index (χ0v) is 32.5. The lowest BCUT2D eigenvalue weighted by molar-refractivity contribution is -0.222. The van der Waals surface area contributed by atoms with Gasteiger partial charge in [-0.1, -0.05) is 158 Å². The first-order valence-corrected chi connectivity index (χ1v) is 20.2. The van der Waals surface area contributed by atoms with Gasteiger partial charge in [-0.3, -0.25) is 14.5 Å². The number of carbonyl (C=O) groups is 3. The maximum Gasteiger partial charge on any atom is 0.362 e. The molecule has 0 bridgehead atoms. The fourth-order valence-electron chi connectivity index (χ4n) is 6.82. The number of unbranched alkanes of at least 4 members (excludes halogenated alkanes) is 12. The van der Waals surface area contributed by atoms with E-state index in [1.54, 1.807) is 60.7 Å². The molecule has 0 aliphatic heterocycles. The van der Waals surface area contributed by atoms with Gasteiger partial charge in [0.15, 0.2) is 17.3 Å². The average molecular weight is 751 g/mol. The van der Waals surface area contributed by atoms with Gasteiger partial charge >= 0.3 is 5.97 Å². The lowest BCUT2D eigenvalue weighted by Crippen LogP contribution is -2.35. The molecule has 0 aliphatic carbocycles. The number of phenolic OH excluding ortho intramolecular Hbond substituents is 2. The van der Waals surface area contributed by atoms with Gasteiger partial charge in [0, 0.05) is 23.3 Å². The summed E-state index contributed by atoms with van der Waals surface area (Å²) in [5.41, 5.74) is 1.15. The van der Waals surface area contributed by atoms with Crippen LogP contribution in [0.1, 0.15) is 148 Å². The topological polar surface area (TPSA) is 119 Å². The van der Waals surface area contributed by atoms with Gasteiger partial charge in [0.25, 0.3) is 0 Å². The van der Waals surface area contributed by atoms with E-state index in [0.717, 1.165) is 19.3 Å². The third kappa shape index (κ3) is 13.9. The number of aromatic hydroxyl groups is 2. The minimum atomic E-state index is -0.706. The fourth-order valence-corrected chi connectivity index (χ4v) is 6.82. The van der Waals surface area contributed by atoms with Crippen molar-refractivity contribution in [2.24, 2.45) is 5.92 Å². The molecule has 0 aliphatic rings. The van der Waals surface area contributed by atoms with E-state index in [1.807, 2.05) is 13.0 Å². The van der Waals surface area contributed by atoms with Crippen LogP contribution in [0.5, 0.6) is 23.0 Å². The standard InChI is InChI=1S/C47H58O8/c1-3-5-6-7-8-9-10-11-12-13-14-15-22-28-44(53-37-29-31-39(42(48)33-37)45(50)35-24-18-16-19-25-35)41(23-4-2)47(52)55-54-38-30-32-40(43(49)34-38)46(51)36-26-20-17-21-27-36/h16-21,24-27,29-34,41,44,48-49H,3-15,22-23,28H2,1-2H3. The molecular weight excluding hydrogens is 693 g/mol. The van der Waals surface area contributed by atoms with Gasteiger partial charge in [-0.05, 0) is 43.5 Å². The zero-order chi connectivity index (χ0) is 39.3. The molecule has 8 heteroatoms. The predicted octanol–water partition coefficient (Wildman–Crippen LogP) is 11.7. The van der Waals surface area contributed by atoms with Gasteiger partial charge in [0.05, 0.1) is 17.0 Å². The normalized spacial score (nSPS) is 12.1. The van der Waals surface area contributed by atoms with Crippen molar-refractivity contribution in [3.05, 3.63) is 119 Å². The highest BCUT2D eigenvalue weighted by Gasteiger charge is 2.32. The summed E-state index contributed by atoms with van der Waals surface area (Å²) >= 11 is 0. The van der Waals surface area contributed by atoms with E-state index >= 15 is 0 Å². The molecule has 0 radical (unpaired) electrons. The van der Waals surface area contributed by atoms with Crippen LogP contribution in [0.4, 0.5) is 0 Å². The Balaban J connectivity index is 1.39. The molecule has 0 amide bonds. The van der Waals surface area contributed by atoms with Crippen LogP contribution in [-0.4, -0.2) is 33.9 Å². The summed E-state index contributed by atoms with van der Waals surface area (Å²) in [6, 6.07) is 26.1. The van der Waals surface area contributed by atoms with Crippen molar-refractivity contribution in [2.45, 2.75) is 123 Å². The molecule has 0 aromatic heterocycles. The Morgan fingerprint density at radius 1 is 0.527 bits per heavy atom. The highest BCUT2D eigenvalue weighted by molar-refractivity contribution is 6.11. The monoisotopic (exact) mass is 750 g/mol. The van der Waals surface area contributed by atoms with Crippen molar-refractivity contribution < 1.29 is 39.1 Å². The summed E-state index contributed by atoms with van der Waals surface area (Å²) in [5, 5.41) is 21.5. The Bertz CT molecular complexity index is 1750. The van der Waals surface area contributed by atoms with Crippen molar-refractivity contribution in [1.29, 1.82) is 0 Å². The van der Waals surface area contributed by atoms with Crippen molar-refractivity contribution in [1.82, 2.24) is 0 Å². The van der Waals surface area contributed by atoms with Gasteiger partial charge in [-0.15, -0.1) is 0 Å². The molecule has 2 unspecified atom stereocenters. The summed E-state index contributed by atoms with van der Waals surface area (Å²) < 4.78 is 6.43. The molecule has 294 valence electrons. The van der Waals surface area contributed by atoms with Gasteiger partial charge < -0.3 is 14.9 Å². The molecule has 4 aromatic carbocycles. The van der Waals surface area contributed by atoms with E-state index in [0.29, 0.717) is 36.1 Å². The molecule has 0 heterocycles. The van der Waals surface area contributed by atoms with E-state index in [2.05, 4.69) is 6.92 Å². The number of phenols is 2.